The summed E-state index contributed by atoms with van der Waals surface area (Å²) in [6.45, 7) is 7.66. The zero-order chi connectivity index (χ0) is 20.7. The van der Waals surface area contributed by atoms with E-state index in [4.69, 9.17) is 4.74 Å². The molecule has 1 aromatic carbocycles. The maximum absolute atomic E-state index is 12.5. The molecule has 1 N–H and O–H groups in total. The molecule has 0 radical (unpaired) electrons. The summed E-state index contributed by atoms with van der Waals surface area (Å²) >= 11 is 3.41. The van der Waals surface area contributed by atoms with E-state index in [-0.39, 0.29) is 24.8 Å². The van der Waals surface area contributed by atoms with Crippen LogP contribution in [0.15, 0.2) is 28.7 Å². The molecule has 7 nitrogen and oxygen atoms in total. The highest BCUT2D eigenvalue weighted by Gasteiger charge is 2.24. The predicted molar refractivity (Wildman–Crippen MR) is 110 cm³/mol. The molecule has 0 bridgehead atoms. The van der Waals surface area contributed by atoms with Crippen molar-refractivity contribution in [1.29, 1.82) is 0 Å². The van der Waals surface area contributed by atoms with Crippen LogP contribution in [0.3, 0.4) is 0 Å². The summed E-state index contributed by atoms with van der Waals surface area (Å²) in [6.07, 6.45) is 0.0431. The molecule has 2 rings (SSSR count). The van der Waals surface area contributed by atoms with Gasteiger partial charge >= 0.3 is 6.09 Å². The van der Waals surface area contributed by atoms with Crippen molar-refractivity contribution in [3.63, 3.8) is 0 Å². The van der Waals surface area contributed by atoms with Gasteiger partial charge in [-0.1, -0.05) is 28.1 Å². The quantitative estimate of drug-likeness (QED) is 0.742. The number of amides is 3. The number of carbonyl (C=O) groups excluding carboxylic acids is 3. The molecule has 0 unspecified atom stereocenters. The Kier molecular flexibility index (Phi) is 7.86. The van der Waals surface area contributed by atoms with Crippen molar-refractivity contribution in [2.24, 2.45) is 0 Å². The maximum Gasteiger partial charge on any atom is 0.407 e. The Labute approximate surface area is 174 Å². The molecule has 1 aliphatic heterocycles. The second-order valence-corrected chi connectivity index (χ2v) is 8.66. The van der Waals surface area contributed by atoms with E-state index in [0.717, 1.165) is 10.0 Å². The number of alkyl carbamates (subject to hydrolysis) is 1. The van der Waals surface area contributed by atoms with Crippen molar-refractivity contribution in [3.8, 4) is 0 Å². The van der Waals surface area contributed by atoms with Crippen molar-refractivity contribution in [3.05, 3.63) is 34.3 Å². The van der Waals surface area contributed by atoms with Crippen molar-refractivity contribution in [1.82, 2.24) is 15.1 Å². The smallest absolute Gasteiger partial charge is 0.407 e. The summed E-state index contributed by atoms with van der Waals surface area (Å²) in [5.41, 5.74) is 0.401. The summed E-state index contributed by atoms with van der Waals surface area (Å²) in [5, 5.41) is 2.59. The van der Waals surface area contributed by atoms with E-state index in [1.807, 2.05) is 24.3 Å². The van der Waals surface area contributed by atoms with Gasteiger partial charge in [0.05, 0.1) is 6.42 Å². The molecule has 154 valence electrons. The molecular weight excluding hydrogens is 426 g/mol. The van der Waals surface area contributed by atoms with Gasteiger partial charge in [0.1, 0.15) is 5.60 Å². The number of ether oxygens (including phenoxy) is 1. The largest absolute Gasteiger partial charge is 0.444 e. The first-order valence-electron chi connectivity index (χ1n) is 9.41. The van der Waals surface area contributed by atoms with E-state index in [1.54, 1.807) is 30.6 Å². The summed E-state index contributed by atoms with van der Waals surface area (Å²) in [6, 6.07) is 7.71. The third kappa shape index (κ3) is 7.50. The molecule has 1 fully saturated rings. The molecule has 0 spiro atoms. The van der Waals surface area contributed by atoms with Crippen LogP contribution < -0.4 is 5.32 Å². The van der Waals surface area contributed by atoms with Gasteiger partial charge in [-0.2, -0.15) is 0 Å². The lowest BCUT2D eigenvalue weighted by atomic mass is 10.1. The zero-order valence-electron chi connectivity index (χ0n) is 16.7. The molecule has 0 aromatic heterocycles. The van der Waals surface area contributed by atoms with Crippen LogP contribution in [0.4, 0.5) is 4.79 Å². The number of hydrogen-bond donors (Lipinski definition) is 1. The number of nitrogens with one attached hydrogen (secondary N) is 1. The van der Waals surface area contributed by atoms with Gasteiger partial charge < -0.3 is 19.9 Å². The molecule has 1 aliphatic rings. The Morgan fingerprint density at radius 3 is 2.25 bits per heavy atom. The van der Waals surface area contributed by atoms with Gasteiger partial charge in [-0.15, -0.1) is 0 Å². The van der Waals surface area contributed by atoms with Crippen LogP contribution in [0, 0.1) is 0 Å². The minimum atomic E-state index is -0.563. The number of halogens is 1. The van der Waals surface area contributed by atoms with Crippen LogP contribution >= 0.6 is 15.9 Å². The van der Waals surface area contributed by atoms with Crippen molar-refractivity contribution in [2.45, 2.75) is 39.2 Å². The van der Waals surface area contributed by atoms with Gasteiger partial charge in [-0.3, -0.25) is 9.59 Å². The lowest BCUT2D eigenvalue weighted by Crippen LogP contribution is -2.51. The molecule has 3 amide bonds. The van der Waals surface area contributed by atoms with Gasteiger partial charge in [-0.25, -0.2) is 4.79 Å². The van der Waals surface area contributed by atoms with Crippen molar-refractivity contribution < 1.29 is 19.1 Å². The van der Waals surface area contributed by atoms with E-state index in [2.05, 4.69) is 21.2 Å². The number of piperazine rings is 1. The molecule has 1 heterocycles. The summed E-state index contributed by atoms with van der Waals surface area (Å²) in [4.78, 5) is 39.9. The number of carbonyl (C=O) groups is 3. The first kappa shape index (κ1) is 22.2. The fourth-order valence-electron chi connectivity index (χ4n) is 2.88. The molecule has 0 saturated carbocycles. The summed E-state index contributed by atoms with van der Waals surface area (Å²) in [7, 11) is 0. The summed E-state index contributed by atoms with van der Waals surface area (Å²) < 4.78 is 6.09. The molecule has 1 aromatic rings. The third-order valence-corrected chi connectivity index (χ3v) is 4.73. The average molecular weight is 454 g/mol. The first-order valence-corrected chi connectivity index (χ1v) is 10.2. The lowest BCUT2D eigenvalue weighted by Gasteiger charge is -2.35. The fraction of sp³-hybridized carbons (Fsp3) is 0.550. The van der Waals surface area contributed by atoms with Gasteiger partial charge in [0, 0.05) is 43.6 Å². The summed E-state index contributed by atoms with van der Waals surface area (Å²) in [5.74, 6) is 0.0342. The minimum Gasteiger partial charge on any atom is -0.444 e. The Hall–Kier alpha value is -2.09. The van der Waals surface area contributed by atoms with Crippen molar-refractivity contribution >= 4 is 33.8 Å². The Morgan fingerprint density at radius 2 is 1.68 bits per heavy atom. The van der Waals surface area contributed by atoms with E-state index in [9.17, 15) is 14.4 Å². The second-order valence-electron chi connectivity index (χ2n) is 7.75. The van der Waals surface area contributed by atoms with E-state index in [0.29, 0.717) is 32.6 Å². The fourth-order valence-corrected chi connectivity index (χ4v) is 3.33. The lowest BCUT2D eigenvalue weighted by molar-refractivity contribution is -0.139. The van der Waals surface area contributed by atoms with Crippen LogP contribution in [0.2, 0.25) is 0 Å². The molecule has 0 atom stereocenters. The van der Waals surface area contributed by atoms with E-state index in [1.165, 1.54) is 0 Å². The van der Waals surface area contributed by atoms with E-state index >= 15 is 0 Å². The number of nitrogens with zero attached hydrogens (tertiary/aromatic N) is 2. The minimum absolute atomic E-state index is 0.0323. The predicted octanol–water partition coefficient (Wildman–Crippen LogP) is 2.58. The zero-order valence-corrected chi connectivity index (χ0v) is 18.3. The molecule has 28 heavy (non-hydrogen) atoms. The Bertz CT molecular complexity index is 710. The first-order chi connectivity index (χ1) is 13.1. The Morgan fingerprint density at radius 1 is 1.07 bits per heavy atom. The monoisotopic (exact) mass is 453 g/mol. The standard InChI is InChI=1S/C20H28BrN3O4/c1-20(2,3)28-19(27)22-8-7-17(25)23-9-11-24(12-10-23)18(26)14-15-5-4-6-16(21)13-15/h4-6,13H,7-12,14H2,1-3H3,(H,22,27). The Balaban J connectivity index is 1.70. The number of benzene rings is 1. The van der Waals surface area contributed by atoms with Crippen LogP contribution in [0.25, 0.3) is 0 Å². The number of hydrogen-bond acceptors (Lipinski definition) is 4. The highest BCUT2D eigenvalue weighted by atomic mass is 79.9. The van der Waals surface area contributed by atoms with Gasteiger partial charge in [0.2, 0.25) is 11.8 Å². The van der Waals surface area contributed by atoms with Crippen LogP contribution in [-0.2, 0) is 20.7 Å². The van der Waals surface area contributed by atoms with Crippen LogP contribution in [0.5, 0.6) is 0 Å². The highest BCUT2D eigenvalue weighted by Crippen LogP contribution is 2.14. The topological polar surface area (TPSA) is 79.0 Å². The molecule has 0 aliphatic carbocycles. The molecule has 1 saturated heterocycles. The van der Waals surface area contributed by atoms with Crippen molar-refractivity contribution in [2.75, 3.05) is 32.7 Å². The molecule has 8 heteroatoms. The van der Waals surface area contributed by atoms with Gasteiger partial charge in [0.15, 0.2) is 0 Å². The normalized spacial score (nSPS) is 14.6. The maximum atomic E-state index is 12.5. The number of rotatable bonds is 5. The molecular formula is C20H28BrN3O4. The van der Waals surface area contributed by atoms with Gasteiger partial charge in [0.25, 0.3) is 0 Å². The van der Waals surface area contributed by atoms with Gasteiger partial charge in [-0.05, 0) is 38.5 Å². The van der Waals surface area contributed by atoms with Crippen LogP contribution in [0.1, 0.15) is 32.8 Å². The second kappa shape index (κ2) is 9.91. The van der Waals surface area contributed by atoms with Crippen LogP contribution in [-0.4, -0.2) is 66.0 Å². The SMILES string of the molecule is CC(C)(C)OC(=O)NCCC(=O)N1CCN(C(=O)Cc2cccc(Br)c2)CC1. The third-order valence-electron chi connectivity index (χ3n) is 4.24. The average Bonchev–Trinajstić information content (AvgIpc) is 2.60. The van der Waals surface area contributed by atoms with E-state index < -0.39 is 11.7 Å². The highest BCUT2D eigenvalue weighted by molar-refractivity contribution is 9.10.